The lowest BCUT2D eigenvalue weighted by molar-refractivity contribution is -0.124. The summed E-state index contributed by atoms with van der Waals surface area (Å²) in [7, 11) is 0. The summed E-state index contributed by atoms with van der Waals surface area (Å²) in [6, 6.07) is 21.6. The van der Waals surface area contributed by atoms with E-state index in [0.717, 1.165) is 52.7 Å². The van der Waals surface area contributed by atoms with Gasteiger partial charge < -0.3 is 18.9 Å². The summed E-state index contributed by atoms with van der Waals surface area (Å²) in [6.07, 6.45) is 6.41. The number of thioether (sulfide) groups is 1. The third-order valence-corrected chi connectivity index (χ3v) is 8.60. The van der Waals surface area contributed by atoms with E-state index in [-0.39, 0.29) is 18.7 Å². The first-order valence-corrected chi connectivity index (χ1v) is 15.1. The predicted molar refractivity (Wildman–Crippen MR) is 162 cm³/mol. The number of amides is 1. The van der Waals surface area contributed by atoms with Gasteiger partial charge in [0.05, 0.1) is 17.2 Å². The molecule has 0 bridgehead atoms. The van der Waals surface area contributed by atoms with Crippen LogP contribution in [0.1, 0.15) is 50.7 Å². The molecular formula is C33H34N2O5S. The van der Waals surface area contributed by atoms with Crippen molar-refractivity contribution in [2.45, 2.75) is 52.2 Å². The predicted octanol–water partition coefficient (Wildman–Crippen LogP) is 7.58. The zero-order chi connectivity index (χ0) is 28.2. The van der Waals surface area contributed by atoms with E-state index in [9.17, 15) is 4.79 Å². The Kier molecular flexibility index (Phi) is 8.19. The van der Waals surface area contributed by atoms with Gasteiger partial charge in [-0.15, -0.1) is 0 Å². The first-order chi connectivity index (χ1) is 20.1. The molecule has 0 N–H and O–H groups in total. The van der Waals surface area contributed by atoms with E-state index < -0.39 is 0 Å². The van der Waals surface area contributed by atoms with Crippen molar-refractivity contribution in [1.82, 2.24) is 4.90 Å². The van der Waals surface area contributed by atoms with Crippen molar-refractivity contribution >= 4 is 34.6 Å². The van der Waals surface area contributed by atoms with Gasteiger partial charge in [-0.2, -0.15) is 0 Å². The van der Waals surface area contributed by atoms with E-state index in [4.69, 9.17) is 23.9 Å². The van der Waals surface area contributed by atoms with E-state index in [1.165, 1.54) is 18.2 Å². The van der Waals surface area contributed by atoms with Gasteiger partial charge in [0.15, 0.2) is 28.2 Å². The van der Waals surface area contributed by atoms with Crippen LogP contribution in [0.25, 0.3) is 6.08 Å². The lowest BCUT2D eigenvalue weighted by Crippen LogP contribution is -2.44. The van der Waals surface area contributed by atoms with E-state index in [2.05, 4.69) is 6.92 Å². The van der Waals surface area contributed by atoms with E-state index in [0.29, 0.717) is 35.5 Å². The highest BCUT2D eigenvalue weighted by Crippen LogP contribution is 2.41. The highest BCUT2D eigenvalue weighted by Gasteiger charge is 2.41. The number of nitrogens with zero attached hydrogens (tertiary/aromatic N) is 2. The van der Waals surface area contributed by atoms with Crippen molar-refractivity contribution < 1.29 is 23.7 Å². The largest absolute Gasteiger partial charge is 0.490 e. The summed E-state index contributed by atoms with van der Waals surface area (Å²) in [5, 5.41) is 0.750. The van der Waals surface area contributed by atoms with Gasteiger partial charge in [-0.3, -0.25) is 9.69 Å². The monoisotopic (exact) mass is 570 g/mol. The minimum Gasteiger partial charge on any atom is -0.490 e. The number of hydrogen-bond acceptors (Lipinski definition) is 7. The molecule has 3 aromatic rings. The zero-order valence-electron chi connectivity index (χ0n) is 23.4. The number of para-hydroxylation sites is 1. The second-order valence-corrected chi connectivity index (χ2v) is 11.5. The van der Waals surface area contributed by atoms with Gasteiger partial charge in [-0.1, -0.05) is 50.1 Å². The number of carbonyl (C=O) groups is 1. The summed E-state index contributed by atoms with van der Waals surface area (Å²) < 4.78 is 23.0. The number of carbonyl (C=O) groups excluding carboxylic acids is 1. The summed E-state index contributed by atoms with van der Waals surface area (Å²) >= 11 is 1.45. The normalized spacial score (nSPS) is 22.0. The van der Waals surface area contributed by atoms with Crippen molar-refractivity contribution in [2.75, 3.05) is 13.4 Å². The Labute approximate surface area is 245 Å². The van der Waals surface area contributed by atoms with Gasteiger partial charge >= 0.3 is 0 Å². The van der Waals surface area contributed by atoms with Crippen molar-refractivity contribution in [3.63, 3.8) is 0 Å². The molecule has 1 saturated carbocycles. The van der Waals surface area contributed by atoms with Crippen LogP contribution in [0.5, 0.6) is 23.0 Å². The Morgan fingerprint density at radius 3 is 2.63 bits per heavy atom. The molecule has 7 nitrogen and oxygen atoms in total. The molecule has 0 spiro atoms. The Morgan fingerprint density at radius 1 is 0.976 bits per heavy atom. The molecule has 41 heavy (non-hydrogen) atoms. The van der Waals surface area contributed by atoms with Crippen molar-refractivity contribution in [3.8, 4) is 23.0 Å². The van der Waals surface area contributed by atoms with Gasteiger partial charge in [0, 0.05) is 6.04 Å². The average molecular weight is 571 g/mol. The van der Waals surface area contributed by atoms with Crippen LogP contribution in [0.4, 0.5) is 5.69 Å². The van der Waals surface area contributed by atoms with Crippen LogP contribution in [-0.2, 0) is 11.4 Å². The lowest BCUT2D eigenvalue weighted by atomic mass is 9.85. The second kappa shape index (κ2) is 12.3. The zero-order valence-corrected chi connectivity index (χ0v) is 24.2. The third kappa shape index (κ3) is 6.07. The minimum absolute atomic E-state index is 0.0181. The minimum atomic E-state index is 0.0181. The van der Waals surface area contributed by atoms with E-state index in [1.54, 1.807) is 0 Å². The maximum absolute atomic E-state index is 13.9. The van der Waals surface area contributed by atoms with Crippen LogP contribution < -0.4 is 18.9 Å². The number of fused-ring (bicyclic) bond motifs is 1. The molecule has 8 heteroatoms. The van der Waals surface area contributed by atoms with Gasteiger partial charge in [0.25, 0.3) is 5.91 Å². The first-order valence-electron chi connectivity index (χ1n) is 14.2. The molecule has 0 unspecified atom stereocenters. The van der Waals surface area contributed by atoms with E-state index >= 15 is 0 Å². The molecular weight excluding hydrogens is 536 g/mol. The van der Waals surface area contributed by atoms with Crippen LogP contribution in [-0.4, -0.2) is 35.4 Å². The van der Waals surface area contributed by atoms with Crippen LogP contribution in [0, 0.1) is 5.92 Å². The van der Waals surface area contributed by atoms with Gasteiger partial charge in [-0.05, 0) is 91.0 Å². The van der Waals surface area contributed by atoms with Gasteiger partial charge in [0.2, 0.25) is 6.79 Å². The summed E-state index contributed by atoms with van der Waals surface area (Å²) in [5.74, 6) is 3.19. The Balaban J connectivity index is 1.25. The quantitative estimate of drug-likeness (QED) is 0.260. The number of ether oxygens (including phenoxy) is 4. The fraction of sp³-hybridized carbons (Fsp3) is 0.333. The molecule has 3 aromatic carbocycles. The van der Waals surface area contributed by atoms with Crippen LogP contribution in [0.15, 0.2) is 76.6 Å². The number of amidine groups is 1. The highest BCUT2D eigenvalue weighted by atomic mass is 32.2. The van der Waals surface area contributed by atoms with Crippen LogP contribution in [0.2, 0.25) is 0 Å². The van der Waals surface area contributed by atoms with Gasteiger partial charge in [-0.25, -0.2) is 4.99 Å². The molecule has 3 aliphatic rings. The summed E-state index contributed by atoms with van der Waals surface area (Å²) in [4.78, 5) is 21.4. The number of hydrogen-bond donors (Lipinski definition) is 0. The van der Waals surface area contributed by atoms with Gasteiger partial charge in [0.1, 0.15) is 6.61 Å². The summed E-state index contributed by atoms with van der Waals surface area (Å²) in [6.45, 7) is 5.29. The molecule has 1 amide bonds. The molecule has 0 aromatic heterocycles. The number of aliphatic imine (C=N–C) groups is 1. The molecule has 6 rings (SSSR count). The van der Waals surface area contributed by atoms with Crippen LogP contribution >= 0.6 is 11.8 Å². The second-order valence-electron chi connectivity index (χ2n) is 10.5. The molecule has 1 aliphatic carbocycles. The molecule has 2 aliphatic heterocycles. The summed E-state index contributed by atoms with van der Waals surface area (Å²) in [5.41, 5.74) is 2.69. The molecule has 2 atom stereocenters. The standard InChI is InChI=1S/C33H34N2O5S/c1-3-37-29-17-23(13-15-27(29)38-20-24-14-16-28-30(18-24)40-21-39-28)19-31-32(36)35(26-12-8-7-9-22(26)2)33(41-31)34-25-10-5-4-6-11-25/h4-6,10-11,13-19,22,26H,3,7-9,12,20-21H2,1-2H3/b31-19-,34-33?/t22-,26+/m1/s1. The first kappa shape index (κ1) is 27.3. The maximum Gasteiger partial charge on any atom is 0.267 e. The molecule has 1 saturated heterocycles. The average Bonchev–Trinajstić information content (AvgIpc) is 3.57. The molecule has 0 radical (unpaired) electrons. The fourth-order valence-electron chi connectivity index (χ4n) is 5.50. The van der Waals surface area contributed by atoms with Crippen molar-refractivity contribution in [1.29, 1.82) is 0 Å². The topological polar surface area (TPSA) is 69.6 Å². The lowest BCUT2D eigenvalue weighted by Gasteiger charge is -2.35. The molecule has 2 heterocycles. The number of rotatable bonds is 8. The smallest absolute Gasteiger partial charge is 0.267 e. The van der Waals surface area contributed by atoms with Crippen LogP contribution in [0.3, 0.4) is 0 Å². The van der Waals surface area contributed by atoms with Crippen molar-refractivity contribution in [3.05, 3.63) is 82.8 Å². The highest BCUT2D eigenvalue weighted by molar-refractivity contribution is 8.18. The fourth-order valence-corrected chi connectivity index (χ4v) is 6.54. The molecule has 212 valence electrons. The van der Waals surface area contributed by atoms with E-state index in [1.807, 2.05) is 84.6 Å². The Morgan fingerprint density at radius 2 is 1.80 bits per heavy atom. The Hall–Kier alpha value is -3.91. The van der Waals surface area contributed by atoms with Crippen molar-refractivity contribution in [2.24, 2.45) is 10.9 Å². The SMILES string of the molecule is CCOc1cc(/C=C2\SC(=Nc3ccccc3)N([C@H]3CCCC[C@H]3C)C2=O)ccc1OCc1ccc2c(c1)OCO2. The Bertz CT molecular complexity index is 1470. The maximum atomic E-state index is 13.9. The molecule has 2 fully saturated rings. The third-order valence-electron chi connectivity index (χ3n) is 7.61. The number of benzene rings is 3.